The lowest BCUT2D eigenvalue weighted by molar-refractivity contribution is -0.136. The highest BCUT2D eigenvalue weighted by molar-refractivity contribution is 5.77. The van der Waals surface area contributed by atoms with Gasteiger partial charge >= 0.3 is 5.69 Å². The lowest BCUT2D eigenvalue weighted by atomic mass is 10.2. The SMILES string of the molecule is Cn1nc2n(c1=O)CCN(C(=O)COCc1ccccc1)CC2. The molecule has 0 fully saturated rings. The molecule has 1 aliphatic heterocycles. The Hall–Kier alpha value is -2.41. The van der Waals surface area contributed by atoms with Crippen LogP contribution in [0.2, 0.25) is 0 Å². The molecule has 0 saturated heterocycles. The lowest BCUT2D eigenvalue weighted by Crippen LogP contribution is -2.37. The molecule has 0 radical (unpaired) electrons. The van der Waals surface area contributed by atoms with Crippen molar-refractivity contribution in [2.24, 2.45) is 7.05 Å². The van der Waals surface area contributed by atoms with Crippen molar-refractivity contribution in [1.29, 1.82) is 0 Å². The third kappa shape index (κ3) is 3.50. The number of amides is 1. The number of ether oxygens (including phenoxy) is 1. The predicted molar refractivity (Wildman–Crippen MR) is 83.9 cm³/mol. The van der Waals surface area contributed by atoms with Gasteiger partial charge < -0.3 is 9.64 Å². The van der Waals surface area contributed by atoms with Crippen LogP contribution in [-0.2, 0) is 36.2 Å². The standard InChI is InChI=1S/C16H20N4O3/c1-18-16(22)20-10-9-19(8-7-14(20)17-18)15(21)12-23-11-13-5-3-2-4-6-13/h2-6H,7-12H2,1H3. The number of carbonyl (C=O) groups excluding carboxylic acids is 1. The van der Waals surface area contributed by atoms with Crippen LogP contribution in [0.3, 0.4) is 0 Å². The Morgan fingerprint density at radius 1 is 1.22 bits per heavy atom. The van der Waals surface area contributed by atoms with Crippen molar-refractivity contribution < 1.29 is 9.53 Å². The van der Waals surface area contributed by atoms with E-state index >= 15 is 0 Å². The van der Waals surface area contributed by atoms with Crippen LogP contribution in [-0.4, -0.2) is 44.9 Å². The minimum absolute atomic E-state index is 0.0508. The van der Waals surface area contributed by atoms with Gasteiger partial charge in [0.25, 0.3) is 0 Å². The number of benzene rings is 1. The molecular formula is C16H20N4O3. The van der Waals surface area contributed by atoms with E-state index in [-0.39, 0.29) is 18.2 Å². The van der Waals surface area contributed by atoms with E-state index in [4.69, 9.17) is 4.74 Å². The molecule has 2 aromatic rings. The number of aromatic nitrogens is 3. The number of hydrogen-bond donors (Lipinski definition) is 0. The highest BCUT2D eigenvalue weighted by Crippen LogP contribution is 2.06. The molecule has 122 valence electrons. The van der Waals surface area contributed by atoms with E-state index in [1.807, 2.05) is 30.3 Å². The van der Waals surface area contributed by atoms with Gasteiger partial charge in [0.2, 0.25) is 5.91 Å². The molecule has 7 heteroatoms. The fourth-order valence-corrected chi connectivity index (χ4v) is 2.70. The molecule has 0 atom stereocenters. The summed E-state index contributed by atoms with van der Waals surface area (Å²) in [4.78, 5) is 25.9. The highest BCUT2D eigenvalue weighted by atomic mass is 16.5. The molecule has 1 aromatic carbocycles. The summed E-state index contributed by atoms with van der Waals surface area (Å²) in [5, 5.41) is 4.20. The maximum absolute atomic E-state index is 12.3. The molecule has 23 heavy (non-hydrogen) atoms. The molecule has 0 unspecified atom stereocenters. The summed E-state index contributed by atoms with van der Waals surface area (Å²) in [6, 6.07) is 9.75. The van der Waals surface area contributed by atoms with Crippen LogP contribution in [0.1, 0.15) is 11.4 Å². The maximum Gasteiger partial charge on any atom is 0.345 e. The smallest absolute Gasteiger partial charge is 0.345 e. The summed E-state index contributed by atoms with van der Waals surface area (Å²) < 4.78 is 8.48. The minimum atomic E-state index is -0.130. The monoisotopic (exact) mass is 316 g/mol. The van der Waals surface area contributed by atoms with Crippen molar-refractivity contribution in [2.45, 2.75) is 19.6 Å². The van der Waals surface area contributed by atoms with E-state index < -0.39 is 0 Å². The van der Waals surface area contributed by atoms with Crippen molar-refractivity contribution >= 4 is 5.91 Å². The molecule has 3 rings (SSSR count). The Morgan fingerprint density at radius 2 is 2.00 bits per heavy atom. The first kappa shape index (κ1) is 15.5. The summed E-state index contributed by atoms with van der Waals surface area (Å²) >= 11 is 0. The fraction of sp³-hybridized carbons (Fsp3) is 0.438. The van der Waals surface area contributed by atoms with Crippen molar-refractivity contribution in [1.82, 2.24) is 19.2 Å². The highest BCUT2D eigenvalue weighted by Gasteiger charge is 2.21. The van der Waals surface area contributed by atoms with Gasteiger partial charge in [0.05, 0.1) is 6.61 Å². The van der Waals surface area contributed by atoms with Crippen molar-refractivity contribution in [3.63, 3.8) is 0 Å². The second kappa shape index (κ2) is 6.78. The third-order valence-corrected chi connectivity index (χ3v) is 3.97. The van der Waals surface area contributed by atoms with E-state index in [0.717, 1.165) is 11.4 Å². The van der Waals surface area contributed by atoms with Gasteiger partial charge in [0.15, 0.2) is 0 Å². The molecule has 7 nitrogen and oxygen atoms in total. The molecule has 1 aromatic heterocycles. The first-order valence-electron chi connectivity index (χ1n) is 7.67. The van der Waals surface area contributed by atoms with E-state index in [0.29, 0.717) is 32.7 Å². The molecule has 0 bridgehead atoms. The molecule has 1 aliphatic rings. The van der Waals surface area contributed by atoms with Crippen LogP contribution in [0, 0.1) is 0 Å². The zero-order chi connectivity index (χ0) is 16.2. The third-order valence-electron chi connectivity index (χ3n) is 3.97. The number of carbonyl (C=O) groups is 1. The lowest BCUT2D eigenvalue weighted by Gasteiger charge is -2.19. The van der Waals surface area contributed by atoms with Crippen molar-refractivity contribution in [3.8, 4) is 0 Å². The van der Waals surface area contributed by atoms with Crippen LogP contribution in [0.25, 0.3) is 0 Å². The van der Waals surface area contributed by atoms with Crippen LogP contribution in [0.5, 0.6) is 0 Å². The summed E-state index contributed by atoms with van der Waals surface area (Å²) in [7, 11) is 1.64. The molecule has 0 spiro atoms. The molecule has 2 heterocycles. The molecule has 0 saturated carbocycles. The Labute approximate surface area is 134 Å². The quantitative estimate of drug-likeness (QED) is 0.807. The average molecular weight is 316 g/mol. The number of rotatable bonds is 4. The number of fused-ring (bicyclic) bond motifs is 1. The van der Waals surface area contributed by atoms with Gasteiger partial charge in [-0.25, -0.2) is 9.48 Å². The Bertz CT molecular complexity index is 736. The first-order chi connectivity index (χ1) is 11.1. The van der Waals surface area contributed by atoms with Crippen LogP contribution < -0.4 is 5.69 Å². The normalized spacial score (nSPS) is 14.4. The molecular weight excluding hydrogens is 296 g/mol. The average Bonchev–Trinajstić information content (AvgIpc) is 2.73. The summed E-state index contributed by atoms with van der Waals surface area (Å²) in [6.45, 7) is 2.01. The van der Waals surface area contributed by atoms with Crippen LogP contribution >= 0.6 is 0 Å². The van der Waals surface area contributed by atoms with Crippen molar-refractivity contribution in [2.75, 3.05) is 19.7 Å². The number of hydrogen-bond acceptors (Lipinski definition) is 4. The summed E-state index contributed by atoms with van der Waals surface area (Å²) in [6.07, 6.45) is 0.584. The van der Waals surface area contributed by atoms with Gasteiger partial charge in [-0.2, -0.15) is 5.10 Å². The minimum Gasteiger partial charge on any atom is -0.367 e. The number of aryl methyl sites for hydroxylation is 1. The second-order valence-electron chi connectivity index (χ2n) is 5.58. The van der Waals surface area contributed by atoms with Gasteiger partial charge in [0, 0.05) is 33.1 Å². The summed E-state index contributed by atoms with van der Waals surface area (Å²) in [5.41, 5.74) is 0.912. The van der Waals surface area contributed by atoms with Gasteiger partial charge in [-0.15, -0.1) is 0 Å². The summed E-state index contributed by atoms with van der Waals surface area (Å²) in [5.74, 6) is 0.682. The fourth-order valence-electron chi connectivity index (χ4n) is 2.70. The Morgan fingerprint density at radius 3 is 2.78 bits per heavy atom. The van der Waals surface area contributed by atoms with E-state index in [2.05, 4.69) is 5.10 Å². The molecule has 1 amide bonds. The zero-order valence-electron chi connectivity index (χ0n) is 13.1. The topological polar surface area (TPSA) is 69.4 Å². The number of nitrogens with zero attached hydrogens (tertiary/aromatic N) is 4. The second-order valence-corrected chi connectivity index (χ2v) is 5.58. The molecule has 0 aliphatic carbocycles. The first-order valence-corrected chi connectivity index (χ1v) is 7.67. The van der Waals surface area contributed by atoms with Crippen LogP contribution in [0.4, 0.5) is 0 Å². The predicted octanol–water partition coefficient (Wildman–Crippen LogP) is 0.183. The Balaban J connectivity index is 1.52. The van der Waals surface area contributed by atoms with Gasteiger partial charge in [-0.05, 0) is 5.56 Å². The maximum atomic E-state index is 12.3. The van der Waals surface area contributed by atoms with E-state index in [9.17, 15) is 9.59 Å². The van der Waals surface area contributed by atoms with Crippen LogP contribution in [0.15, 0.2) is 35.1 Å². The van der Waals surface area contributed by atoms with Gasteiger partial charge in [-0.1, -0.05) is 30.3 Å². The largest absolute Gasteiger partial charge is 0.367 e. The molecule has 0 N–H and O–H groups in total. The van der Waals surface area contributed by atoms with Gasteiger partial charge in [-0.3, -0.25) is 9.36 Å². The van der Waals surface area contributed by atoms with Crippen molar-refractivity contribution in [3.05, 3.63) is 52.2 Å². The Kier molecular flexibility index (Phi) is 4.57. The van der Waals surface area contributed by atoms with E-state index in [1.165, 1.54) is 4.68 Å². The zero-order valence-corrected chi connectivity index (χ0v) is 13.1. The van der Waals surface area contributed by atoms with Gasteiger partial charge in [0.1, 0.15) is 12.4 Å². The van der Waals surface area contributed by atoms with E-state index in [1.54, 1.807) is 16.5 Å².